The Hall–Kier alpha value is -0.820. The predicted octanol–water partition coefficient (Wildman–Crippen LogP) is 1.88. The van der Waals surface area contributed by atoms with E-state index in [1.165, 1.54) is 0 Å². The summed E-state index contributed by atoms with van der Waals surface area (Å²) >= 11 is 0. The van der Waals surface area contributed by atoms with Crippen LogP contribution in [0.3, 0.4) is 0 Å². The van der Waals surface area contributed by atoms with Crippen molar-refractivity contribution < 1.29 is 28.2 Å². The smallest absolute Gasteiger partial charge is 0.406 e. The summed E-state index contributed by atoms with van der Waals surface area (Å²) in [6, 6.07) is 0. The maximum Gasteiger partial charge on any atom is 0.406 e. The number of carboxylic acids is 1. The Balaban J connectivity index is 2.45. The fraction of sp³-hybridized carbons (Fsp3) is 0.917. The van der Waals surface area contributed by atoms with Gasteiger partial charge in [-0.3, -0.25) is 4.79 Å². The number of hydrogen-bond donors (Lipinski definition) is 2. The summed E-state index contributed by atoms with van der Waals surface area (Å²) in [5.74, 6) is -1.78. The van der Waals surface area contributed by atoms with Gasteiger partial charge in [0.05, 0.1) is 0 Å². The fourth-order valence-electron chi connectivity index (χ4n) is 2.41. The van der Waals surface area contributed by atoms with Gasteiger partial charge in [-0.2, -0.15) is 13.2 Å². The van der Waals surface area contributed by atoms with Crippen molar-refractivity contribution in [3.05, 3.63) is 0 Å². The molecule has 0 aromatic heterocycles. The molecular weight excluding hydrogens is 263 g/mol. The first-order chi connectivity index (χ1) is 8.83. The number of aliphatic hydroxyl groups is 1. The lowest BCUT2D eigenvalue weighted by Crippen LogP contribution is -2.47. The molecule has 7 heteroatoms. The molecule has 4 nitrogen and oxygen atoms in total. The van der Waals surface area contributed by atoms with Gasteiger partial charge >= 0.3 is 12.1 Å². The molecular formula is C12H20F3NO3. The van der Waals surface area contributed by atoms with Crippen LogP contribution >= 0.6 is 0 Å². The second-order valence-corrected chi connectivity index (χ2v) is 5.05. The van der Waals surface area contributed by atoms with Gasteiger partial charge in [0.2, 0.25) is 0 Å². The van der Waals surface area contributed by atoms with E-state index in [-0.39, 0.29) is 19.6 Å². The highest BCUT2D eigenvalue weighted by Crippen LogP contribution is 2.45. The van der Waals surface area contributed by atoms with Crippen molar-refractivity contribution in [2.24, 2.45) is 5.41 Å². The number of aliphatic carboxylic acids is 1. The molecule has 0 amide bonds. The molecule has 1 rings (SSSR count). The van der Waals surface area contributed by atoms with Crippen molar-refractivity contribution >= 4 is 5.97 Å². The van der Waals surface area contributed by atoms with E-state index in [0.29, 0.717) is 13.0 Å². The molecule has 1 saturated heterocycles. The van der Waals surface area contributed by atoms with Crippen LogP contribution in [-0.4, -0.2) is 53.5 Å². The zero-order valence-corrected chi connectivity index (χ0v) is 10.7. The van der Waals surface area contributed by atoms with Crippen molar-refractivity contribution in [2.75, 3.05) is 26.2 Å². The number of hydrogen-bond acceptors (Lipinski definition) is 3. The van der Waals surface area contributed by atoms with Crippen LogP contribution in [0.4, 0.5) is 13.2 Å². The minimum atomic E-state index is -4.70. The largest absolute Gasteiger partial charge is 0.481 e. The van der Waals surface area contributed by atoms with Gasteiger partial charge in [-0.15, -0.1) is 0 Å². The summed E-state index contributed by atoms with van der Waals surface area (Å²) in [5.41, 5.74) is -2.60. The van der Waals surface area contributed by atoms with Crippen molar-refractivity contribution in [3.8, 4) is 0 Å². The normalized spacial score (nSPS) is 24.8. The van der Waals surface area contributed by atoms with Crippen LogP contribution in [0.1, 0.15) is 32.1 Å². The first-order valence-corrected chi connectivity index (χ1v) is 6.47. The average molecular weight is 283 g/mol. The van der Waals surface area contributed by atoms with E-state index in [2.05, 4.69) is 0 Å². The van der Waals surface area contributed by atoms with Crippen molar-refractivity contribution in [1.82, 2.24) is 4.90 Å². The lowest BCUT2D eigenvalue weighted by Gasteiger charge is -2.27. The first-order valence-electron chi connectivity index (χ1n) is 6.47. The molecule has 1 unspecified atom stereocenters. The zero-order chi connectivity index (χ0) is 14.5. The van der Waals surface area contributed by atoms with Crippen molar-refractivity contribution in [1.29, 1.82) is 0 Å². The highest BCUT2D eigenvalue weighted by atomic mass is 19.4. The third-order valence-corrected chi connectivity index (χ3v) is 3.68. The Morgan fingerprint density at radius 2 is 1.84 bits per heavy atom. The average Bonchev–Trinajstić information content (AvgIpc) is 2.74. The molecule has 0 aromatic rings. The van der Waals surface area contributed by atoms with Crippen LogP contribution < -0.4 is 0 Å². The Bertz CT molecular complexity index is 309. The predicted molar refractivity (Wildman–Crippen MR) is 62.7 cm³/mol. The number of likely N-dealkylation sites (tertiary alicyclic amines) is 1. The zero-order valence-electron chi connectivity index (χ0n) is 10.7. The number of rotatable bonds is 7. The van der Waals surface area contributed by atoms with E-state index in [1.54, 1.807) is 4.90 Å². The Morgan fingerprint density at radius 1 is 1.21 bits per heavy atom. The Kier molecular flexibility index (Phi) is 5.61. The molecule has 0 spiro atoms. The van der Waals surface area contributed by atoms with Gasteiger partial charge in [-0.1, -0.05) is 12.8 Å². The summed E-state index contributed by atoms with van der Waals surface area (Å²) in [6.07, 6.45) is -1.97. The van der Waals surface area contributed by atoms with Crippen molar-refractivity contribution in [2.45, 2.75) is 38.3 Å². The highest BCUT2D eigenvalue weighted by molar-refractivity contribution is 5.76. The van der Waals surface area contributed by atoms with Gasteiger partial charge in [-0.25, -0.2) is 0 Å². The first kappa shape index (κ1) is 16.2. The minimum Gasteiger partial charge on any atom is -0.481 e. The molecule has 1 fully saturated rings. The lowest BCUT2D eigenvalue weighted by molar-refractivity contribution is -0.227. The maximum atomic E-state index is 12.9. The number of carbonyl (C=O) groups is 1. The molecule has 1 aliphatic heterocycles. The SMILES string of the molecule is O=C(O)C1(C(F)(F)F)CCN(CCCCCCO)C1. The van der Waals surface area contributed by atoms with Gasteiger partial charge in [-0.05, 0) is 32.4 Å². The lowest BCUT2D eigenvalue weighted by atomic mass is 9.86. The molecule has 1 atom stereocenters. The highest BCUT2D eigenvalue weighted by Gasteiger charge is 2.63. The molecule has 0 saturated carbocycles. The Labute approximate surface area is 110 Å². The number of carboxylic acid groups (broad SMARTS) is 1. The van der Waals surface area contributed by atoms with Crippen LogP contribution in [0.25, 0.3) is 0 Å². The number of alkyl halides is 3. The van der Waals surface area contributed by atoms with Gasteiger partial charge in [0.15, 0.2) is 5.41 Å². The van der Waals surface area contributed by atoms with Gasteiger partial charge in [0.25, 0.3) is 0 Å². The van der Waals surface area contributed by atoms with E-state index in [0.717, 1.165) is 19.3 Å². The third kappa shape index (κ3) is 3.82. The molecule has 1 heterocycles. The van der Waals surface area contributed by atoms with Crippen LogP contribution in [0.2, 0.25) is 0 Å². The van der Waals surface area contributed by atoms with Crippen LogP contribution in [0.5, 0.6) is 0 Å². The molecule has 0 aliphatic carbocycles. The molecule has 2 N–H and O–H groups in total. The number of halogens is 3. The molecule has 1 aliphatic rings. The number of unbranched alkanes of at least 4 members (excludes halogenated alkanes) is 3. The summed E-state index contributed by atoms with van der Waals surface area (Å²) in [4.78, 5) is 12.5. The molecule has 19 heavy (non-hydrogen) atoms. The molecule has 0 radical (unpaired) electrons. The van der Waals surface area contributed by atoms with Crippen LogP contribution in [-0.2, 0) is 4.79 Å². The summed E-state index contributed by atoms with van der Waals surface area (Å²) in [7, 11) is 0. The van der Waals surface area contributed by atoms with Gasteiger partial charge < -0.3 is 15.1 Å². The Morgan fingerprint density at radius 3 is 2.32 bits per heavy atom. The number of aliphatic hydroxyl groups excluding tert-OH is 1. The second-order valence-electron chi connectivity index (χ2n) is 5.05. The van der Waals surface area contributed by atoms with Crippen LogP contribution in [0, 0.1) is 5.41 Å². The quantitative estimate of drug-likeness (QED) is 0.700. The summed E-state index contributed by atoms with van der Waals surface area (Å²) in [5, 5.41) is 17.5. The monoisotopic (exact) mass is 283 g/mol. The topological polar surface area (TPSA) is 60.8 Å². The fourth-order valence-corrected chi connectivity index (χ4v) is 2.41. The molecule has 0 bridgehead atoms. The summed E-state index contributed by atoms with van der Waals surface area (Å²) in [6.45, 7) is 0.327. The van der Waals surface area contributed by atoms with E-state index in [9.17, 15) is 18.0 Å². The number of nitrogens with zero attached hydrogens (tertiary/aromatic N) is 1. The van der Waals surface area contributed by atoms with Gasteiger partial charge in [0, 0.05) is 13.2 Å². The molecule has 112 valence electrons. The minimum absolute atomic E-state index is 0.125. The van der Waals surface area contributed by atoms with Crippen LogP contribution in [0.15, 0.2) is 0 Å². The van der Waals surface area contributed by atoms with Crippen molar-refractivity contribution in [3.63, 3.8) is 0 Å². The standard InChI is InChI=1S/C12H20F3NO3/c13-12(14,15)11(10(18)19)5-7-16(9-11)6-3-1-2-4-8-17/h17H,1-9H2,(H,18,19). The second kappa shape index (κ2) is 6.56. The summed E-state index contributed by atoms with van der Waals surface area (Å²) < 4.78 is 38.7. The van der Waals surface area contributed by atoms with E-state index in [4.69, 9.17) is 10.2 Å². The van der Waals surface area contributed by atoms with Gasteiger partial charge in [0.1, 0.15) is 0 Å². The maximum absolute atomic E-state index is 12.9. The van der Waals surface area contributed by atoms with E-state index >= 15 is 0 Å². The van der Waals surface area contributed by atoms with E-state index < -0.39 is 24.1 Å². The molecule has 0 aromatic carbocycles. The third-order valence-electron chi connectivity index (χ3n) is 3.68. The van der Waals surface area contributed by atoms with E-state index in [1.807, 2.05) is 0 Å².